The van der Waals surface area contributed by atoms with Crippen LogP contribution < -0.4 is 0 Å². The van der Waals surface area contributed by atoms with Gasteiger partial charge in [0.05, 0.1) is 17.5 Å². The highest BCUT2D eigenvalue weighted by atomic mass is 16.2. The van der Waals surface area contributed by atoms with Crippen LogP contribution in [0.15, 0.2) is 36.8 Å². The van der Waals surface area contributed by atoms with Gasteiger partial charge >= 0.3 is 0 Å². The maximum atomic E-state index is 13.1. The van der Waals surface area contributed by atoms with Gasteiger partial charge in [-0.2, -0.15) is 5.10 Å². The zero-order valence-corrected chi connectivity index (χ0v) is 16.7. The van der Waals surface area contributed by atoms with Crippen molar-refractivity contribution < 1.29 is 4.79 Å². The van der Waals surface area contributed by atoms with E-state index in [0.717, 1.165) is 49.5 Å². The van der Waals surface area contributed by atoms with Crippen molar-refractivity contribution in [1.29, 1.82) is 0 Å². The number of amides is 1. The fourth-order valence-electron chi connectivity index (χ4n) is 3.69. The van der Waals surface area contributed by atoms with Gasteiger partial charge in [0.15, 0.2) is 5.65 Å². The highest BCUT2D eigenvalue weighted by Crippen LogP contribution is 2.21. The number of fused-ring (bicyclic) bond motifs is 1. The fraction of sp³-hybridized carbons (Fsp3) is 0.429. The molecule has 1 saturated heterocycles. The molecule has 0 unspecified atom stereocenters. The lowest BCUT2D eigenvalue weighted by atomic mass is 10.1. The Morgan fingerprint density at radius 3 is 2.64 bits per heavy atom. The lowest BCUT2D eigenvalue weighted by Gasteiger charge is -2.34. The summed E-state index contributed by atoms with van der Waals surface area (Å²) in [6.45, 7) is 10.1. The van der Waals surface area contributed by atoms with Crippen molar-refractivity contribution in [3.8, 4) is 0 Å². The maximum absolute atomic E-state index is 13.1. The first-order valence-electron chi connectivity index (χ1n) is 9.78. The van der Waals surface area contributed by atoms with Crippen LogP contribution in [0.4, 0.5) is 0 Å². The number of aryl methyl sites for hydroxylation is 1. The van der Waals surface area contributed by atoms with Crippen molar-refractivity contribution in [1.82, 2.24) is 29.5 Å². The molecule has 7 heteroatoms. The highest BCUT2D eigenvalue weighted by Gasteiger charge is 2.24. The van der Waals surface area contributed by atoms with Crippen LogP contribution in [0, 0.1) is 6.92 Å². The topological polar surface area (TPSA) is 67.2 Å². The Labute approximate surface area is 165 Å². The van der Waals surface area contributed by atoms with Crippen molar-refractivity contribution in [2.45, 2.75) is 33.4 Å². The molecular formula is C21H26N6O. The largest absolute Gasteiger partial charge is 0.336 e. The molecule has 0 N–H and O–H groups in total. The van der Waals surface area contributed by atoms with Crippen LogP contribution in [0.1, 0.15) is 41.5 Å². The SMILES string of the molecule is Cc1nc2c(cnn2C(C)C)cc1C(=O)N1CCN(Cc2cccnc2)CC1. The molecule has 7 nitrogen and oxygen atoms in total. The number of carbonyl (C=O) groups is 1. The zero-order chi connectivity index (χ0) is 19.7. The molecule has 0 aliphatic carbocycles. The van der Waals surface area contributed by atoms with Gasteiger partial charge in [0.1, 0.15) is 0 Å². The van der Waals surface area contributed by atoms with E-state index in [9.17, 15) is 4.79 Å². The van der Waals surface area contributed by atoms with Crippen LogP contribution in [-0.4, -0.2) is 61.6 Å². The van der Waals surface area contributed by atoms with E-state index in [0.29, 0.717) is 5.56 Å². The van der Waals surface area contributed by atoms with Crippen LogP contribution in [0.5, 0.6) is 0 Å². The van der Waals surface area contributed by atoms with E-state index >= 15 is 0 Å². The lowest BCUT2D eigenvalue weighted by Crippen LogP contribution is -2.48. The molecular weight excluding hydrogens is 352 g/mol. The molecule has 0 aromatic carbocycles. The lowest BCUT2D eigenvalue weighted by molar-refractivity contribution is 0.0627. The minimum atomic E-state index is 0.0604. The maximum Gasteiger partial charge on any atom is 0.255 e. The van der Waals surface area contributed by atoms with Gasteiger partial charge in [-0.3, -0.25) is 14.7 Å². The second kappa shape index (κ2) is 7.67. The van der Waals surface area contributed by atoms with E-state index in [-0.39, 0.29) is 11.9 Å². The molecule has 0 atom stereocenters. The van der Waals surface area contributed by atoms with Crippen molar-refractivity contribution in [3.05, 3.63) is 53.6 Å². The number of rotatable bonds is 4. The molecule has 3 aromatic heterocycles. The predicted octanol–water partition coefficient (Wildman–Crippen LogP) is 2.67. The molecule has 4 heterocycles. The summed E-state index contributed by atoms with van der Waals surface area (Å²) >= 11 is 0. The molecule has 4 rings (SSSR count). The van der Waals surface area contributed by atoms with E-state index in [4.69, 9.17) is 0 Å². The summed E-state index contributed by atoms with van der Waals surface area (Å²) < 4.78 is 1.90. The third kappa shape index (κ3) is 3.62. The molecule has 3 aromatic rings. The van der Waals surface area contributed by atoms with Gasteiger partial charge < -0.3 is 4.90 Å². The Balaban J connectivity index is 1.46. The van der Waals surface area contributed by atoms with Gasteiger partial charge in [-0.05, 0) is 38.5 Å². The summed E-state index contributed by atoms with van der Waals surface area (Å²) in [4.78, 5) is 26.3. The van der Waals surface area contributed by atoms with Crippen LogP contribution in [0.25, 0.3) is 11.0 Å². The number of nitrogens with zero attached hydrogens (tertiary/aromatic N) is 6. The van der Waals surface area contributed by atoms with Gasteiger partial charge in [0.25, 0.3) is 5.91 Å². The molecule has 0 radical (unpaired) electrons. The number of hydrogen-bond acceptors (Lipinski definition) is 5. The Kier molecular flexibility index (Phi) is 5.09. The third-order valence-electron chi connectivity index (χ3n) is 5.27. The van der Waals surface area contributed by atoms with Crippen LogP contribution in [-0.2, 0) is 6.54 Å². The smallest absolute Gasteiger partial charge is 0.255 e. The van der Waals surface area contributed by atoms with Crippen LogP contribution in [0.2, 0.25) is 0 Å². The quantitative estimate of drug-likeness (QED) is 0.698. The van der Waals surface area contributed by atoms with E-state index in [1.54, 1.807) is 12.4 Å². The van der Waals surface area contributed by atoms with Crippen LogP contribution >= 0.6 is 0 Å². The highest BCUT2D eigenvalue weighted by molar-refractivity contribution is 5.98. The van der Waals surface area contributed by atoms with Crippen molar-refractivity contribution in [2.75, 3.05) is 26.2 Å². The summed E-state index contributed by atoms with van der Waals surface area (Å²) in [5.74, 6) is 0.0604. The van der Waals surface area contributed by atoms with Gasteiger partial charge in [0.2, 0.25) is 0 Å². The first-order chi connectivity index (χ1) is 13.5. The Hall–Kier alpha value is -2.80. The van der Waals surface area contributed by atoms with E-state index in [1.807, 2.05) is 34.8 Å². The number of aromatic nitrogens is 4. The average molecular weight is 378 g/mol. The van der Waals surface area contributed by atoms with E-state index in [1.165, 1.54) is 5.56 Å². The number of pyridine rings is 2. The zero-order valence-electron chi connectivity index (χ0n) is 16.7. The molecule has 0 saturated carbocycles. The Morgan fingerprint density at radius 2 is 1.96 bits per heavy atom. The van der Waals surface area contributed by atoms with Crippen LogP contribution in [0.3, 0.4) is 0 Å². The molecule has 1 aliphatic rings. The second-order valence-corrected chi connectivity index (χ2v) is 7.65. The molecule has 146 valence electrons. The predicted molar refractivity (Wildman–Crippen MR) is 108 cm³/mol. The minimum Gasteiger partial charge on any atom is -0.336 e. The number of carbonyl (C=O) groups excluding carboxylic acids is 1. The van der Waals surface area contributed by atoms with E-state index < -0.39 is 0 Å². The van der Waals surface area contributed by atoms with Gasteiger partial charge in [-0.1, -0.05) is 6.07 Å². The summed E-state index contributed by atoms with van der Waals surface area (Å²) in [5.41, 5.74) is 3.48. The third-order valence-corrected chi connectivity index (χ3v) is 5.27. The first-order valence-corrected chi connectivity index (χ1v) is 9.78. The summed E-state index contributed by atoms with van der Waals surface area (Å²) in [7, 11) is 0. The fourth-order valence-corrected chi connectivity index (χ4v) is 3.69. The summed E-state index contributed by atoms with van der Waals surface area (Å²) in [6, 6.07) is 6.22. The summed E-state index contributed by atoms with van der Waals surface area (Å²) in [5, 5.41) is 5.33. The molecule has 1 aliphatic heterocycles. The second-order valence-electron chi connectivity index (χ2n) is 7.65. The number of piperazine rings is 1. The standard InChI is InChI=1S/C21H26N6O/c1-15(2)27-20-18(13-23-27)11-19(16(3)24-20)21(28)26-9-7-25(8-10-26)14-17-5-4-6-22-12-17/h4-6,11-13,15H,7-10,14H2,1-3H3. The number of hydrogen-bond donors (Lipinski definition) is 0. The summed E-state index contributed by atoms with van der Waals surface area (Å²) in [6.07, 6.45) is 5.49. The molecule has 1 amide bonds. The normalized spacial score (nSPS) is 15.5. The van der Waals surface area contributed by atoms with E-state index in [2.05, 4.69) is 39.9 Å². The van der Waals surface area contributed by atoms with Gasteiger partial charge in [-0.25, -0.2) is 9.67 Å². The molecule has 0 bridgehead atoms. The Morgan fingerprint density at radius 1 is 1.18 bits per heavy atom. The van der Waals surface area contributed by atoms with Crippen molar-refractivity contribution in [3.63, 3.8) is 0 Å². The van der Waals surface area contributed by atoms with Gasteiger partial charge in [-0.15, -0.1) is 0 Å². The van der Waals surface area contributed by atoms with Gasteiger partial charge in [0, 0.05) is 56.5 Å². The Bertz CT molecular complexity index is 973. The molecule has 0 spiro atoms. The first kappa shape index (κ1) is 18.6. The molecule has 1 fully saturated rings. The van der Waals surface area contributed by atoms with Crippen molar-refractivity contribution >= 4 is 16.9 Å². The average Bonchev–Trinajstić information content (AvgIpc) is 3.11. The monoisotopic (exact) mass is 378 g/mol. The van der Waals surface area contributed by atoms with Crippen molar-refractivity contribution in [2.24, 2.45) is 0 Å². The minimum absolute atomic E-state index is 0.0604. The molecule has 28 heavy (non-hydrogen) atoms.